The zero-order valence-corrected chi connectivity index (χ0v) is 19.8. The predicted molar refractivity (Wildman–Crippen MR) is 127 cm³/mol. The third-order valence-electron chi connectivity index (χ3n) is 5.79. The van der Waals surface area contributed by atoms with Gasteiger partial charge in [0.25, 0.3) is 5.56 Å². The van der Waals surface area contributed by atoms with Crippen molar-refractivity contribution in [3.05, 3.63) is 57.0 Å². The molecule has 1 atom stereocenters. The summed E-state index contributed by atoms with van der Waals surface area (Å²) in [7, 11) is 3.98. The number of aromatic amines is 1. The molecule has 2 aliphatic rings. The van der Waals surface area contributed by atoms with E-state index in [0.717, 1.165) is 23.4 Å². The molecule has 164 valence electrons. The molecule has 1 aromatic carbocycles. The van der Waals surface area contributed by atoms with Gasteiger partial charge in [-0.2, -0.15) is 0 Å². The van der Waals surface area contributed by atoms with E-state index in [9.17, 15) is 9.59 Å². The van der Waals surface area contributed by atoms with Crippen molar-refractivity contribution in [1.82, 2.24) is 9.97 Å². The molecular weight excluding hydrogens is 408 g/mol. The van der Waals surface area contributed by atoms with Crippen molar-refractivity contribution in [2.45, 2.75) is 56.9 Å². The molecule has 2 N–H and O–H groups in total. The summed E-state index contributed by atoms with van der Waals surface area (Å²) in [5, 5.41) is 4.27. The molecule has 2 aromatic rings. The Balaban J connectivity index is 1.91. The molecule has 7 heteroatoms. The molecule has 0 radical (unpaired) electrons. The summed E-state index contributed by atoms with van der Waals surface area (Å²) in [4.78, 5) is 36.2. The largest absolute Gasteiger partial charge is 0.378 e. The molecule has 2 heterocycles. The van der Waals surface area contributed by atoms with Crippen molar-refractivity contribution in [3.8, 4) is 0 Å². The molecule has 0 bridgehead atoms. The monoisotopic (exact) mass is 438 g/mol. The van der Waals surface area contributed by atoms with Crippen molar-refractivity contribution < 1.29 is 4.79 Å². The average molecular weight is 439 g/mol. The van der Waals surface area contributed by atoms with E-state index in [1.165, 1.54) is 11.8 Å². The lowest BCUT2D eigenvalue weighted by molar-refractivity contribution is -0.118. The van der Waals surface area contributed by atoms with E-state index in [1.54, 1.807) is 0 Å². The quantitative estimate of drug-likeness (QED) is 0.539. The molecule has 1 aliphatic carbocycles. The molecule has 1 aliphatic heterocycles. The maximum Gasteiger partial charge on any atom is 0.257 e. The van der Waals surface area contributed by atoms with Crippen LogP contribution in [-0.4, -0.2) is 35.1 Å². The molecule has 4 rings (SSSR count). The van der Waals surface area contributed by atoms with E-state index in [-0.39, 0.29) is 16.8 Å². The van der Waals surface area contributed by atoms with Crippen LogP contribution in [0.4, 0.5) is 11.5 Å². The van der Waals surface area contributed by atoms with Crippen LogP contribution >= 0.6 is 11.8 Å². The lowest BCUT2D eigenvalue weighted by Gasteiger charge is -2.38. The molecule has 31 heavy (non-hydrogen) atoms. The van der Waals surface area contributed by atoms with E-state index < -0.39 is 5.92 Å². The molecule has 0 saturated heterocycles. The number of ketones is 1. The number of aromatic nitrogens is 2. The van der Waals surface area contributed by atoms with E-state index in [0.29, 0.717) is 33.8 Å². The standard InChI is InChI=1S/C24H30N4O2S/c1-13(2)31-23-26-21-20(22(30)27-23)18(14-7-9-15(10-8-14)28(5)6)19-16(25-21)11-24(3,4)12-17(19)29/h7-10,13,18H,11-12H2,1-6H3,(H2,25,26,27,30)/t18-/m0/s1. The minimum absolute atomic E-state index is 0.103. The number of anilines is 2. The van der Waals surface area contributed by atoms with Crippen LogP contribution < -0.4 is 15.8 Å². The first-order valence-electron chi connectivity index (χ1n) is 10.7. The van der Waals surface area contributed by atoms with Crippen molar-refractivity contribution in [2.24, 2.45) is 5.41 Å². The summed E-state index contributed by atoms with van der Waals surface area (Å²) in [5.41, 5.74) is 3.82. The number of nitrogens with one attached hydrogen (secondary N) is 2. The first-order valence-corrected chi connectivity index (χ1v) is 11.5. The Morgan fingerprint density at radius 1 is 1.13 bits per heavy atom. The Bertz CT molecular complexity index is 1110. The zero-order valence-electron chi connectivity index (χ0n) is 19.0. The first-order chi connectivity index (χ1) is 14.6. The minimum Gasteiger partial charge on any atom is -0.378 e. The number of benzene rings is 1. The van der Waals surface area contributed by atoms with Crippen LogP contribution in [0, 0.1) is 5.41 Å². The summed E-state index contributed by atoms with van der Waals surface area (Å²) >= 11 is 1.52. The van der Waals surface area contributed by atoms with Gasteiger partial charge in [-0.1, -0.05) is 51.6 Å². The van der Waals surface area contributed by atoms with Crippen LogP contribution in [0.25, 0.3) is 0 Å². The van der Waals surface area contributed by atoms with E-state index in [2.05, 4.69) is 38.0 Å². The van der Waals surface area contributed by atoms with Gasteiger partial charge in [-0.05, 0) is 29.5 Å². The molecular formula is C24H30N4O2S. The van der Waals surface area contributed by atoms with Gasteiger partial charge in [-0.25, -0.2) is 4.98 Å². The smallest absolute Gasteiger partial charge is 0.257 e. The van der Waals surface area contributed by atoms with Gasteiger partial charge < -0.3 is 15.2 Å². The SMILES string of the molecule is CC(C)Sc1nc2c(c(=O)[nH]1)[C@@H](c1ccc(N(C)C)cc1)C1=C(CC(C)(C)CC1=O)N2. The van der Waals surface area contributed by atoms with Crippen molar-refractivity contribution >= 4 is 29.1 Å². The topological polar surface area (TPSA) is 78.1 Å². The number of nitrogens with zero attached hydrogens (tertiary/aromatic N) is 2. The third-order valence-corrected chi connectivity index (χ3v) is 6.68. The summed E-state index contributed by atoms with van der Waals surface area (Å²) in [6, 6.07) is 8.09. The first kappa shape index (κ1) is 21.7. The van der Waals surface area contributed by atoms with Gasteiger partial charge in [0.1, 0.15) is 5.82 Å². The molecule has 0 amide bonds. The van der Waals surface area contributed by atoms with Gasteiger partial charge in [0.05, 0.1) is 5.56 Å². The Labute approximate surface area is 187 Å². The van der Waals surface area contributed by atoms with E-state index in [4.69, 9.17) is 4.98 Å². The second-order valence-corrected chi connectivity index (χ2v) is 11.2. The average Bonchev–Trinajstić information content (AvgIpc) is 2.64. The second-order valence-electron chi connectivity index (χ2n) is 9.68. The van der Waals surface area contributed by atoms with Crippen LogP contribution in [0.5, 0.6) is 0 Å². The van der Waals surface area contributed by atoms with Crippen LogP contribution in [0.3, 0.4) is 0 Å². The van der Waals surface area contributed by atoms with Gasteiger partial charge >= 0.3 is 0 Å². The van der Waals surface area contributed by atoms with Crippen LogP contribution in [0.1, 0.15) is 57.6 Å². The maximum absolute atomic E-state index is 13.3. The fourth-order valence-corrected chi connectivity index (χ4v) is 5.21. The number of carbonyl (C=O) groups is 1. The van der Waals surface area contributed by atoms with Gasteiger partial charge in [-0.15, -0.1) is 0 Å². The van der Waals surface area contributed by atoms with Crippen molar-refractivity contribution in [3.63, 3.8) is 0 Å². The highest BCUT2D eigenvalue weighted by Gasteiger charge is 2.42. The van der Waals surface area contributed by atoms with Crippen LogP contribution in [0.15, 0.2) is 45.5 Å². The van der Waals surface area contributed by atoms with Gasteiger partial charge in [0.2, 0.25) is 0 Å². The number of carbonyl (C=O) groups excluding carboxylic acids is 1. The molecule has 0 spiro atoms. The fraction of sp³-hybridized carbons (Fsp3) is 0.458. The third kappa shape index (κ3) is 4.15. The van der Waals surface area contributed by atoms with E-state index >= 15 is 0 Å². The normalized spacial score (nSPS) is 19.7. The summed E-state index contributed by atoms with van der Waals surface area (Å²) in [6.45, 7) is 8.35. The Morgan fingerprint density at radius 3 is 2.42 bits per heavy atom. The Morgan fingerprint density at radius 2 is 1.81 bits per heavy atom. The predicted octanol–water partition coefficient (Wildman–Crippen LogP) is 4.54. The molecule has 6 nitrogen and oxygen atoms in total. The van der Waals surface area contributed by atoms with Crippen molar-refractivity contribution in [1.29, 1.82) is 0 Å². The highest BCUT2D eigenvalue weighted by atomic mass is 32.2. The summed E-state index contributed by atoms with van der Waals surface area (Å²) < 4.78 is 0. The second kappa shape index (κ2) is 7.86. The number of H-pyrrole nitrogens is 1. The van der Waals surface area contributed by atoms with Gasteiger partial charge in [0.15, 0.2) is 10.9 Å². The molecule has 0 unspecified atom stereocenters. The van der Waals surface area contributed by atoms with Crippen molar-refractivity contribution in [2.75, 3.05) is 24.3 Å². The molecule has 0 saturated carbocycles. The number of hydrogen-bond acceptors (Lipinski definition) is 6. The number of thioether (sulfide) groups is 1. The fourth-order valence-electron chi connectivity index (χ4n) is 4.47. The minimum atomic E-state index is -0.416. The summed E-state index contributed by atoms with van der Waals surface area (Å²) in [5.74, 6) is 0.254. The zero-order chi connectivity index (χ0) is 22.5. The number of allylic oxidation sites excluding steroid dienone is 2. The lowest BCUT2D eigenvalue weighted by Crippen LogP contribution is -2.37. The Kier molecular flexibility index (Phi) is 5.50. The summed E-state index contributed by atoms with van der Waals surface area (Å²) in [6.07, 6.45) is 1.22. The van der Waals surface area contributed by atoms with Gasteiger partial charge in [0, 0.05) is 48.6 Å². The lowest BCUT2D eigenvalue weighted by atomic mass is 9.69. The van der Waals surface area contributed by atoms with Crippen LogP contribution in [0.2, 0.25) is 0 Å². The number of hydrogen-bond donors (Lipinski definition) is 2. The molecule has 1 aromatic heterocycles. The highest BCUT2D eigenvalue weighted by molar-refractivity contribution is 7.99. The Hall–Kier alpha value is -2.54. The number of fused-ring (bicyclic) bond motifs is 1. The van der Waals surface area contributed by atoms with Crippen LogP contribution in [-0.2, 0) is 4.79 Å². The molecule has 0 fully saturated rings. The highest BCUT2D eigenvalue weighted by Crippen LogP contribution is 2.47. The number of rotatable bonds is 4. The number of Topliss-reactive ketones (excluding diaryl/α,β-unsaturated/α-hetero) is 1. The van der Waals surface area contributed by atoms with E-state index in [1.807, 2.05) is 43.3 Å². The van der Waals surface area contributed by atoms with Gasteiger partial charge in [-0.3, -0.25) is 9.59 Å². The maximum atomic E-state index is 13.3.